The van der Waals surface area contributed by atoms with E-state index in [-0.39, 0.29) is 0 Å². The van der Waals surface area contributed by atoms with Crippen molar-refractivity contribution in [3.05, 3.63) is 17.5 Å². The number of esters is 1. The number of rotatable bonds is 4. The third-order valence-electron chi connectivity index (χ3n) is 2.72. The molecule has 0 spiro atoms. The Morgan fingerprint density at radius 2 is 2.38 bits per heavy atom. The molecule has 1 aromatic heterocycles. The van der Waals surface area contributed by atoms with Crippen molar-refractivity contribution in [1.29, 1.82) is 0 Å². The molecule has 5 nitrogen and oxygen atoms in total. The van der Waals surface area contributed by atoms with Gasteiger partial charge in [-0.15, -0.1) is 0 Å². The normalized spacial score (nSPS) is 17.2. The number of aliphatic hydroxyl groups is 1. The van der Waals surface area contributed by atoms with Crippen molar-refractivity contribution >= 4 is 5.97 Å². The van der Waals surface area contributed by atoms with Crippen molar-refractivity contribution in [2.24, 2.45) is 7.05 Å². The van der Waals surface area contributed by atoms with Crippen LogP contribution in [0, 0.1) is 0 Å². The number of aryl methyl sites for hydroxylation is 1. The van der Waals surface area contributed by atoms with Crippen LogP contribution in [0.5, 0.6) is 0 Å². The topological polar surface area (TPSA) is 64.3 Å². The molecule has 0 aromatic carbocycles. The molecule has 1 fully saturated rings. The van der Waals surface area contributed by atoms with Crippen LogP contribution in [0.3, 0.4) is 0 Å². The first-order chi connectivity index (χ1) is 7.54. The maximum atomic E-state index is 11.6. The minimum Gasteiger partial charge on any atom is -0.461 e. The Bertz CT molecular complexity index is 407. The molecule has 0 saturated heterocycles. The zero-order chi connectivity index (χ0) is 11.8. The van der Waals surface area contributed by atoms with Crippen LogP contribution in [-0.2, 0) is 18.2 Å². The summed E-state index contributed by atoms with van der Waals surface area (Å²) >= 11 is 0. The van der Waals surface area contributed by atoms with Gasteiger partial charge in [0, 0.05) is 25.2 Å². The van der Waals surface area contributed by atoms with Gasteiger partial charge in [0.25, 0.3) is 0 Å². The van der Waals surface area contributed by atoms with E-state index in [2.05, 4.69) is 5.10 Å². The van der Waals surface area contributed by atoms with Crippen molar-refractivity contribution in [3.63, 3.8) is 0 Å². The van der Waals surface area contributed by atoms with Crippen molar-refractivity contribution < 1.29 is 14.6 Å². The van der Waals surface area contributed by atoms with Gasteiger partial charge in [-0.1, -0.05) is 0 Å². The third-order valence-corrected chi connectivity index (χ3v) is 2.72. The summed E-state index contributed by atoms with van der Waals surface area (Å²) < 4.78 is 6.50. The minimum atomic E-state index is -0.621. The average molecular weight is 224 g/mol. The lowest BCUT2D eigenvalue weighted by atomic mass is 10.1. The van der Waals surface area contributed by atoms with E-state index in [1.165, 1.54) is 0 Å². The van der Waals surface area contributed by atoms with Crippen LogP contribution in [0.4, 0.5) is 0 Å². The smallest absolute Gasteiger partial charge is 0.359 e. The first-order valence-corrected chi connectivity index (χ1v) is 5.46. The highest BCUT2D eigenvalue weighted by atomic mass is 16.5. The van der Waals surface area contributed by atoms with Crippen molar-refractivity contribution in [1.82, 2.24) is 9.78 Å². The van der Waals surface area contributed by atoms with Crippen molar-refractivity contribution in [2.75, 3.05) is 6.61 Å². The molecule has 1 heterocycles. The van der Waals surface area contributed by atoms with E-state index in [0.717, 1.165) is 18.4 Å². The van der Waals surface area contributed by atoms with E-state index in [4.69, 9.17) is 4.74 Å². The molecule has 0 bridgehead atoms. The van der Waals surface area contributed by atoms with Crippen molar-refractivity contribution in [2.45, 2.75) is 31.8 Å². The summed E-state index contributed by atoms with van der Waals surface area (Å²) in [7, 11) is 1.75. The fraction of sp³-hybridized carbons (Fsp3) is 0.636. The minimum absolute atomic E-state index is 0.324. The predicted octanol–water partition coefficient (Wildman–Crippen LogP) is 0.664. The van der Waals surface area contributed by atoms with E-state index >= 15 is 0 Å². The summed E-state index contributed by atoms with van der Waals surface area (Å²) in [4.78, 5) is 11.6. The molecule has 0 unspecified atom stereocenters. The highest BCUT2D eigenvalue weighted by Gasteiger charge is 2.41. The zero-order valence-electron chi connectivity index (χ0n) is 9.56. The molecule has 1 saturated carbocycles. The maximum Gasteiger partial charge on any atom is 0.359 e. The number of nitrogens with zero attached hydrogens (tertiary/aromatic N) is 2. The third kappa shape index (κ3) is 2.24. The van der Waals surface area contributed by atoms with Gasteiger partial charge >= 0.3 is 5.97 Å². The van der Waals surface area contributed by atoms with Crippen molar-refractivity contribution in [3.8, 4) is 0 Å². The molecule has 0 amide bonds. The molecular weight excluding hydrogens is 208 g/mol. The Hall–Kier alpha value is -1.36. The number of hydrogen-bond acceptors (Lipinski definition) is 4. The first kappa shape index (κ1) is 11.1. The molecule has 1 N–H and O–H groups in total. The van der Waals surface area contributed by atoms with Crippen LogP contribution in [0.1, 0.15) is 35.8 Å². The van der Waals surface area contributed by atoms with Gasteiger partial charge < -0.3 is 9.84 Å². The van der Waals surface area contributed by atoms with Gasteiger partial charge in [0.15, 0.2) is 5.69 Å². The van der Waals surface area contributed by atoms with Crippen LogP contribution < -0.4 is 0 Å². The quantitative estimate of drug-likeness (QED) is 0.763. The second-order valence-corrected chi connectivity index (χ2v) is 4.30. The molecule has 0 aliphatic heterocycles. The van der Waals surface area contributed by atoms with Gasteiger partial charge in [0.05, 0.1) is 12.2 Å². The van der Waals surface area contributed by atoms with Gasteiger partial charge in [0.2, 0.25) is 0 Å². The summed E-state index contributed by atoms with van der Waals surface area (Å²) in [6, 6.07) is 0. The van der Waals surface area contributed by atoms with E-state index in [0.29, 0.717) is 18.7 Å². The summed E-state index contributed by atoms with van der Waals surface area (Å²) in [6.45, 7) is 2.09. The first-order valence-electron chi connectivity index (χ1n) is 5.46. The SMILES string of the molecule is CCOC(=O)c1nn(C)cc1CC1(O)CC1. The number of carbonyl (C=O) groups is 1. The molecule has 1 aliphatic carbocycles. The zero-order valence-corrected chi connectivity index (χ0v) is 9.56. The van der Waals surface area contributed by atoms with Gasteiger partial charge in [0.1, 0.15) is 0 Å². The van der Waals surface area contributed by atoms with Gasteiger partial charge in [-0.05, 0) is 19.8 Å². The molecule has 5 heteroatoms. The predicted molar refractivity (Wildman–Crippen MR) is 57.1 cm³/mol. The van der Waals surface area contributed by atoms with Gasteiger partial charge in [-0.2, -0.15) is 5.10 Å². The Morgan fingerprint density at radius 3 is 2.94 bits per heavy atom. The highest BCUT2D eigenvalue weighted by Crippen LogP contribution is 2.38. The molecule has 0 atom stereocenters. The summed E-state index contributed by atoms with van der Waals surface area (Å²) in [5.41, 5.74) is 0.468. The molecular formula is C11H16N2O3. The highest BCUT2D eigenvalue weighted by molar-refractivity contribution is 5.88. The fourth-order valence-electron chi connectivity index (χ4n) is 1.71. The molecule has 16 heavy (non-hydrogen) atoms. The largest absolute Gasteiger partial charge is 0.461 e. The molecule has 1 aromatic rings. The summed E-state index contributed by atoms with van der Waals surface area (Å²) in [5, 5.41) is 13.9. The Balaban J connectivity index is 2.19. The Kier molecular flexibility index (Phi) is 2.71. The molecule has 0 radical (unpaired) electrons. The second kappa shape index (κ2) is 3.90. The van der Waals surface area contributed by atoms with E-state index in [9.17, 15) is 9.90 Å². The van der Waals surface area contributed by atoms with Gasteiger partial charge in [-0.3, -0.25) is 4.68 Å². The lowest BCUT2D eigenvalue weighted by Crippen LogP contribution is -2.14. The van der Waals surface area contributed by atoms with E-state index in [1.807, 2.05) is 0 Å². The summed E-state index contributed by atoms with van der Waals surface area (Å²) in [5.74, 6) is -0.414. The summed E-state index contributed by atoms with van der Waals surface area (Å²) in [6.07, 6.45) is 3.84. The number of hydrogen-bond donors (Lipinski definition) is 1. The molecule has 1 aliphatic rings. The van der Waals surface area contributed by atoms with Crippen LogP contribution in [0.15, 0.2) is 6.20 Å². The number of carbonyl (C=O) groups excluding carboxylic acids is 1. The maximum absolute atomic E-state index is 11.6. The second-order valence-electron chi connectivity index (χ2n) is 4.30. The fourth-order valence-corrected chi connectivity index (χ4v) is 1.71. The van der Waals surface area contributed by atoms with E-state index < -0.39 is 11.6 Å². The Labute approximate surface area is 94.0 Å². The number of aromatic nitrogens is 2. The molecule has 2 rings (SSSR count). The average Bonchev–Trinajstić information content (AvgIpc) is 2.80. The molecule has 88 valence electrons. The Morgan fingerprint density at radius 1 is 1.69 bits per heavy atom. The van der Waals surface area contributed by atoms with Crippen LogP contribution >= 0.6 is 0 Å². The lowest BCUT2D eigenvalue weighted by molar-refractivity contribution is 0.0516. The standard InChI is InChI=1S/C11H16N2O3/c1-3-16-10(14)9-8(7-13(2)12-9)6-11(15)4-5-11/h7,15H,3-6H2,1-2H3. The van der Waals surface area contributed by atoms with Crippen LogP contribution in [0.2, 0.25) is 0 Å². The van der Waals surface area contributed by atoms with Crippen LogP contribution in [-0.4, -0.2) is 33.1 Å². The van der Waals surface area contributed by atoms with Gasteiger partial charge in [-0.25, -0.2) is 4.79 Å². The van der Waals surface area contributed by atoms with Crippen LogP contribution in [0.25, 0.3) is 0 Å². The van der Waals surface area contributed by atoms with E-state index in [1.54, 1.807) is 24.9 Å². The monoisotopic (exact) mass is 224 g/mol. The number of ether oxygens (including phenoxy) is 1. The lowest BCUT2D eigenvalue weighted by Gasteiger charge is -2.06.